The van der Waals surface area contributed by atoms with Crippen LogP contribution >= 0.6 is 23.4 Å². The molecule has 1 nitrogen and oxygen atoms in total. The summed E-state index contributed by atoms with van der Waals surface area (Å²) in [6.45, 7) is 2.63. The molecule has 0 bridgehead atoms. The fourth-order valence-corrected chi connectivity index (χ4v) is 3.05. The van der Waals surface area contributed by atoms with Crippen LogP contribution < -0.4 is 5.73 Å². The molecule has 0 fully saturated rings. The predicted octanol–water partition coefficient (Wildman–Crippen LogP) is 4.40. The zero-order valence-electron chi connectivity index (χ0n) is 10.3. The largest absolute Gasteiger partial charge is 0.326 e. The average molecular weight is 278 g/mol. The Morgan fingerprint density at radius 3 is 2.56 bits per heavy atom. The number of halogens is 1. The Hall–Kier alpha value is -0.960. The van der Waals surface area contributed by atoms with Gasteiger partial charge in [0.15, 0.2) is 0 Å². The zero-order valence-corrected chi connectivity index (χ0v) is 11.9. The smallest absolute Gasteiger partial charge is 0.0462 e. The molecule has 2 aromatic rings. The van der Waals surface area contributed by atoms with Crippen LogP contribution in [-0.2, 0) is 12.3 Å². The first-order chi connectivity index (χ1) is 8.70. The SMILES string of the molecule is Cc1ccccc1CSc1ccc(CN)c(Cl)c1. The van der Waals surface area contributed by atoms with Crippen molar-refractivity contribution in [2.24, 2.45) is 5.73 Å². The zero-order chi connectivity index (χ0) is 13.0. The lowest BCUT2D eigenvalue weighted by Gasteiger charge is -2.07. The summed E-state index contributed by atoms with van der Waals surface area (Å²) in [4.78, 5) is 1.18. The van der Waals surface area contributed by atoms with Gasteiger partial charge in [0.1, 0.15) is 0 Å². The molecule has 94 valence electrons. The van der Waals surface area contributed by atoms with Crippen molar-refractivity contribution in [2.75, 3.05) is 0 Å². The predicted molar refractivity (Wildman–Crippen MR) is 80.1 cm³/mol. The molecule has 0 atom stereocenters. The Morgan fingerprint density at radius 1 is 1.11 bits per heavy atom. The molecule has 0 aliphatic heterocycles. The van der Waals surface area contributed by atoms with Crippen LogP contribution in [0.3, 0.4) is 0 Å². The van der Waals surface area contributed by atoms with Crippen LogP contribution in [0.15, 0.2) is 47.4 Å². The maximum absolute atomic E-state index is 6.15. The third-order valence-electron chi connectivity index (χ3n) is 2.90. The maximum Gasteiger partial charge on any atom is 0.0462 e. The Bertz CT molecular complexity index is 540. The third-order valence-corrected chi connectivity index (χ3v) is 4.29. The highest BCUT2D eigenvalue weighted by Gasteiger charge is 2.02. The van der Waals surface area contributed by atoms with Gasteiger partial charge in [0.05, 0.1) is 0 Å². The summed E-state index contributed by atoms with van der Waals surface area (Å²) in [5, 5.41) is 0.757. The molecule has 0 saturated carbocycles. The summed E-state index contributed by atoms with van der Waals surface area (Å²) in [6.07, 6.45) is 0. The Kier molecular flexibility index (Phi) is 4.70. The molecule has 18 heavy (non-hydrogen) atoms. The maximum atomic E-state index is 6.15. The van der Waals surface area contributed by atoms with Gasteiger partial charge in [0.2, 0.25) is 0 Å². The fraction of sp³-hybridized carbons (Fsp3) is 0.200. The van der Waals surface area contributed by atoms with Crippen molar-refractivity contribution < 1.29 is 0 Å². The van der Waals surface area contributed by atoms with Gasteiger partial charge >= 0.3 is 0 Å². The monoisotopic (exact) mass is 277 g/mol. The molecular formula is C15H16ClNS. The molecule has 0 spiro atoms. The van der Waals surface area contributed by atoms with Gasteiger partial charge in [-0.1, -0.05) is 41.9 Å². The number of thioether (sulfide) groups is 1. The number of rotatable bonds is 4. The molecule has 2 aromatic carbocycles. The molecule has 0 amide bonds. The molecule has 3 heteroatoms. The average Bonchev–Trinajstić information content (AvgIpc) is 2.38. The quantitative estimate of drug-likeness (QED) is 0.839. The van der Waals surface area contributed by atoms with E-state index >= 15 is 0 Å². The minimum absolute atomic E-state index is 0.488. The summed E-state index contributed by atoms with van der Waals surface area (Å²) >= 11 is 7.94. The first-order valence-corrected chi connectivity index (χ1v) is 7.23. The molecule has 2 N–H and O–H groups in total. The van der Waals surface area contributed by atoms with Crippen LogP contribution in [0.2, 0.25) is 5.02 Å². The molecule has 0 heterocycles. The van der Waals surface area contributed by atoms with E-state index in [0.29, 0.717) is 6.54 Å². The van der Waals surface area contributed by atoms with Crippen LogP contribution in [0.4, 0.5) is 0 Å². The van der Waals surface area contributed by atoms with Crippen molar-refractivity contribution >= 4 is 23.4 Å². The van der Waals surface area contributed by atoms with Crippen LogP contribution in [0.25, 0.3) is 0 Å². The summed E-state index contributed by atoms with van der Waals surface area (Å²) in [5.41, 5.74) is 9.28. The fourth-order valence-electron chi connectivity index (χ4n) is 1.72. The number of nitrogens with two attached hydrogens (primary N) is 1. The second-order valence-electron chi connectivity index (χ2n) is 4.17. The third kappa shape index (κ3) is 3.29. The molecular weight excluding hydrogens is 262 g/mol. The van der Waals surface area contributed by atoms with Crippen LogP contribution in [0, 0.1) is 6.92 Å². The lowest BCUT2D eigenvalue weighted by molar-refractivity contribution is 1.07. The summed E-state index contributed by atoms with van der Waals surface area (Å²) in [6, 6.07) is 14.5. The lowest BCUT2D eigenvalue weighted by Crippen LogP contribution is -1.96. The van der Waals surface area contributed by atoms with Gasteiger partial charge in [-0.2, -0.15) is 0 Å². The second-order valence-corrected chi connectivity index (χ2v) is 5.63. The van der Waals surface area contributed by atoms with Gasteiger partial charge in [0, 0.05) is 22.2 Å². The highest BCUT2D eigenvalue weighted by atomic mass is 35.5. The summed E-state index contributed by atoms with van der Waals surface area (Å²) in [7, 11) is 0. The molecule has 0 aromatic heterocycles. The summed E-state index contributed by atoms with van der Waals surface area (Å²) < 4.78 is 0. The number of benzene rings is 2. The molecule has 0 aliphatic rings. The Morgan fingerprint density at radius 2 is 1.89 bits per heavy atom. The minimum Gasteiger partial charge on any atom is -0.326 e. The Labute approximate surface area is 117 Å². The van der Waals surface area contributed by atoms with E-state index in [1.807, 2.05) is 12.1 Å². The van der Waals surface area contributed by atoms with E-state index in [2.05, 4.69) is 37.3 Å². The highest BCUT2D eigenvalue weighted by molar-refractivity contribution is 7.98. The van der Waals surface area contributed by atoms with Gasteiger partial charge in [-0.3, -0.25) is 0 Å². The van der Waals surface area contributed by atoms with Crippen molar-refractivity contribution in [1.82, 2.24) is 0 Å². The van der Waals surface area contributed by atoms with Crippen molar-refractivity contribution in [2.45, 2.75) is 24.1 Å². The van der Waals surface area contributed by atoms with Crippen molar-refractivity contribution in [3.63, 3.8) is 0 Å². The second kappa shape index (κ2) is 6.28. The van der Waals surface area contributed by atoms with E-state index < -0.39 is 0 Å². The van der Waals surface area contributed by atoms with E-state index in [1.54, 1.807) is 11.8 Å². The lowest BCUT2D eigenvalue weighted by atomic mass is 10.1. The topological polar surface area (TPSA) is 26.0 Å². The number of aryl methyl sites for hydroxylation is 1. The van der Waals surface area contributed by atoms with Gasteiger partial charge in [-0.05, 0) is 35.7 Å². The van der Waals surface area contributed by atoms with Gasteiger partial charge < -0.3 is 5.73 Å². The highest BCUT2D eigenvalue weighted by Crippen LogP contribution is 2.28. The van der Waals surface area contributed by atoms with E-state index in [0.717, 1.165) is 16.3 Å². The van der Waals surface area contributed by atoms with Crippen LogP contribution in [0.1, 0.15) is 16.7 Å². The van der Waals surface area contributed by atoms with Crippen LogP contribution in [-0.4, -0.2) is 0 Å². The first-order valence-electron chi connectivity index (χ1n) is 5.86. The minimum atomic E-state index is 0.488. The number of hydrogen-bond donors (Lipinski definition) is 1. The molecule has 0 unspecified atom stereocenters. The summed E-state index contributed by atoms with van der Waals surface area (Å²) in [5.74, 6) is 0.963. The first kappa shape index (κ1) is 13.5. The van der Waals surface area contributed by atoms with Crippen LogP contribution in [0.5, 0.6) is 0 Å². The van der Waals surface area contributed by atoms with E-state index in [4.69, 9.17) is 17.3 Å². The van der Waals surface area contributed by atoms with E-state index in [-0.39, 0.29) is 0 Å². The Balaban J connectivity index is 2.07. The normalized spacial score (nSPS) is 10.6. The van der Waals surface area contributed by atoms with Crippen molar-refractivity contribution in [3.05, 3.63) is 64.2 Å². The standard InChI is InChI=1S/C15H16ClNS/c1-11-4-2-3-5-13(11)10-18-14-7-6-12(9-17)15(16)8-14/h2-8H,9-10,17H2,1H3. The van der Waals surface area contributed by atoms with E-state index in [9.17, 15) is 0 Å². The molecule has 0 saturated heterocycles. The number of hydrogen-bond acceptors (Lipinski definition) is 2. The van der Waals surface area contributed by atoms with Gasteiger partial charge in [-0.15, -0.1) is 11.8 Å². The van der Waals surface area contributed by atoms with Gasteiger partial charge in [-0.25, -0.2) is 0 Å². The van der Waals surface area contributed by atoms with Gasteiger partial charge in [0.25, 0.3) is 0 Å². The molecule has 2 rings (SSSR count). The van der Waals surface area contributed by atoms with E-state index in [1.165, 1.54) is 16.0 Å². The molecule has 0 aliphatic carbocycles. The van der Waals surface area contributed by atoms with Crippen molar-refractivity contribution in [1.29, 1.82) is 0 Å². The molecule has 0 radical (unpaired) electrons. The van der Waals surface area contributed by atoms with Crippen molar-refractivity contribution in [3.8, 4) is 0 Å².